The van der Waals surface area contributed by atoms with E-state index in [0.29, 0.717) is 31.2 Å². The van der Waals surface area contributed by atoms with Gasteiger partial charge in [-0.05, 0) is 44.0 Å². The lowest BCUT2D eigenvalue weighted by molar-refractivity contribution is 0.0657. The zero-order valence-electron chi connectivity index (χ0n) is 16.2. The average Bonchev–Trinajstić information content (AvgIpc) is 3.13. The van der Waals surface area contributed by atoms with Crippen LogP contribution in [0, 0.1) is 0 Å². The van der Waals surface area contributed by atoms with Crippen LogP contribution in [-0.2, 0) is 19.5 Å². The van der Waals surface area contributed by atoms with Crippen LogP contribution < -0.4 is 5.32 Å². The van der Waals surface area contributed by atoms with Crippen LogP contribution in [0.4, 0.5) is 0 Å². The molecule has 28 heavy (non-hydrogen) atoms. The quantitative estimate of drug-likeness (QED) is 0.851. The van der Waals surface area contributed by atoms with Crippen molar-refractivity contribution >= 4 is 11.8 Å². The number of carbonyl (C=O) groups excluding carboxylic acids is 2. The molecular formula is C20H26N6O2. The van der Waals surface area contributed by atoms with E-state index in [1.54, 1.807) is 12.4 Å². The van der Waals surface area contributed by atoms with Crippen molar-refractivity contribution in [2.45, 2.75) is 32.4 Å². The number of hydrogen-bond acceptors (Lipinski definition) is 5. The van der Waals surface area contributed by atoms with Gasteiger partial charge in [-0.2, -0.15) is 0 Å². The largest absolute Gasteiger partial charge is 0.345 e. The summed E-state index contributed by atoms with van der Waals surface area (Å²) >= 11 is 0. The molecule has 2 aliphatic heterocycles. The fourth-order valence-corrected chi connectivity index (χ4v) is 3.81. The molecule has 1 fully saturated rings. The fourth-order valence-electron chi connectivity index (χ4n) is 3.81. The Bertz CT molecular complexity index is 855. The van der Waals surface area contributed by atoms with Crippen molar-refractivity contribution in [2.75, 3.05) is 33.2 Å². The van der Waals surface area contributed by atoms with Gasteiger partial charge in [-0.1, -0.05) is 0 Å². The molecule has 8 nitrogen and oxygen atoms in total. The van der Waals surface area contributed by atoms with Gasteiger partial charge in [0, 0.05) is 51.7 Å². The molecule has 2 amide bonds. The molecule has 1 saturated heterocycles. The SMILES string of the molecule is CN1CCN(C(=O)c2nc(C(=O)NCc3ccncc3)n3c2CCCC3)CC1. The Kier molecular flexibility index (Phi) is 5.38. The summed E-state index contributed by atoms with van der Waals surface area (Å²) in [5.74, 6) is 0.0607. The molecule has 0 saturated carbocycles. The highest BCUT2D eigenvalue weighted by Crippen LogP contribution is 2.23. The van der Waals surface area contributed by atoms with E-state index in [1.165, 1.54) is 0 Å². The molecule has 4 rings (SSSR count). The van der Waals surface area contributed by atoms with Crippen molar-refractivity contribution in [3.8, 4) is 0 Å². The van der Waals surface area contributed by atoms with E-state index in [2.05, 4.69) is 27.2 Å². The summed E-state index contributed by atoms with van der Waals surface area (Å²) in [6.45, 7) is 4.26. The van der Waals surface area contributed by atoms with Crippen LogP contribution in [-0.4, -0.2) is 69.4 Å². The Labute approximate surface area is 164 Å². The minimum absolute atomic E-state index is 0.0491. The summed E-state index contributed by atoms with van der Waals surface area (Å²) in [4.78, 5) is 38.5. The van der Waals surface area contributed by atoms with Crippen molar-refractivity contribution < 1.29 is 9.59 Å². The Hall–Kier alpha value is -2.74. The van der Waals surface area contributed by atoms with Crippen molar-refractivity contribution in [2.24, 2.45) is 0 Å². The predicted molar refractivity (Wildman–Crippen MR) is 104 cm³/mol. The number of fused-ring (bicyclic) bond motifs is 1. The first-order valence-electron chi connectivity index (χ1n) is 9.88. The lowest BCUT2D eigenvalue weighted by Crippen LogP contribution is -2.47. The Morgan fingerprint density at radius 1 is 1.07 bits per heavy atom. The van der Waals surface area contributed by atoms with Crippen LogP contribution in [0.3, 0.4) is 0 Å². The molecule has 0 spiro atoms. The van der Waals surface area contributed by atoms with Crippen LogP contribution in [0.15, 0.2) is 24.5 Å². The fraction of sp³-hybridized carbons (Fsp3) is 0.500. The molecule has 0 radical (unpaired) electrons. The van der Waals surface area contributed by atoms with Gasteiger partial charge >= 0.3 is 0 Å². The maximum Gasteiger partial charge on any atom is 0.287 e. The second-order valence-electron chi connectivity index (χ2n) is 7.47. The first-order valence-corrected chi connectivity index (χ1v) is 9.88. The van der Waals surface area contributed by atoms with Gasteiger partial charge in [0.05, 0.1) is 5.69 Å². The van der Waals surface area contributed by atoms with Gasteiger partial charge in [0.15, 0.2) is 5.82 Å². The molecule has 0 bridgehead atoms. The van der Waals surface area contributed by atoms with Crippen LogP contribution >= 0.6 is 0 Å². The highest BCUT2D eigenvalue weighted by molar-refractivity contribution is 5.97. The molecule has 148 valence electrons. The first-order chi connectivity index (χ1) is 13.6. The van der Waals surface area contributed by atoms with Gasteiger partial charge in [-0.25, -0.2) is 4.98 Å². The number of aromatic nitrogens is 3. The van der Waals surface area contributed by atoms with E-state index in [-0.39, 0.29) is 11.8 Å². The second-order valence-corrected chi connectivity index (χ2v) is 7.47. The van der Waals surface area contributed by atoms with Gasteiger partial charge < -0.3 is 19.7 Å². The minimum Gasteiger partial charge on any atom is -0.345 e. The van der Waals surface area contributed by atoms with Crippen LogP contribution in [0.1, 0.15) is 45.2 Å². The maximum absolute atomic E-state index is 13.1. The van der Waals surface area contributed by atoms with Crippen LogP contribution in [0.2, 0.25) is 0 Å². The van der Waals surface area contributed by atoms with Crippen LogP contribution in [0.25, 0.3) is 0 Å². The summed E-state index contributed by atoms with van der Waals surface area (Å²) in [5, 5.41) is 2.92. The number of pyridine rings is 1. The number of likely N-dealkylation sites (N-methyl/N-ethyl adjacent to an activating group) is 1. The van der Waals surface area contributed by atoms with Gasteiger partial charge in [0.2, 0.25) is 0 Å². The number of nitrogens with zero attached hydrogens (tertiary/aromatic N) is 5. The van der Waals surface area contributed by atoms with Crippen molar-refractivity contribution in [1.29, 1.82) is 0 Å². The van der Waals surface area contributed by atoms with E-state index >= 15 is 0 Å². The van der Waals surface area contributed by atoms with E-state index < -0.39 is 0 Å². The summed E-state index contributed by atoms with van der Waals surface area (Å²) in [6, 6.07) is 3.73. The molecule has 0 aromatic carbocycles. The molecule has 2 aromatic heterocycles. The van der Waals surface area contributed by atoms with E-state index in [9.17, 15) is 9.59 Å². The molecule has 0 unspecified atom stereocenters. The third-order valence-corrected chi connectivity index (χ3v) is 5.52. The van der Waals surface area contributed by atoms with Crippen molar-refractivity contribution in [3.63, 3.8) is 0 Å². The van der Waals surface area contributed by atoms with Gasteiger partial charge in [0.25, 0.3) is 11.8 Å². The number of carbonyl (C=O) groups is 2. The van der Waals surface area contributed by atoms with Gasteiger partial charge in [-0.15, -0.1) is 0 Å². The minimum atomic E-state index is -0.239. The maximum atomic E-state index is 13.1. The predicted octanol–water partition coefficient (Wildman–Crippen LogP) is 0.932. The molecule has 4 heterocycles. The number of imidazole rings is 1. The van der Waals surface area contributed by atoms with E-state index in [1.807, 2.05) is 21.6 Å². The Morgan fingerprint density at radius 3 is 2.57 bits per heavy atom. The molecule has 0 aliphatic carbocycles. The number of amides is 2. The molecular weight excluding hydrogens is 356 g/mol. The summed E-state index contributed by atoms with van der Waals surface area (Å²) in [6.07, 6.45) is 6.21. The average molecular weight is 382 g/mol. The normalized spacial score (nSPS) is 17.2. The molecule has 8 heteroatoms. The summed E-state index contributed by atoms with van der Waals surface area (Å²) < 4.78 is 1.94. The monoisotopic (exact) mass is 382 g/mol. The molecule has 2 aliphatic rings. The standard InChI is InChI=1S/C20H26N6O2/c1-24-10-12-25(13-11-24)20(28)17-16-4-2-3-9-26(16)18(23-17)19(27)22-14-15-5-7-21-8-6-15/h5-8H,2-4,9-14H2,1H3,(H,22,27). The lowest BCUT2D eigenvalue weighted by Gasteiger charge is -2.32. The number of piperazine rings is 1. The first kappa shape index (κ1) is 18.6. The number of hydrogen-bond donors (Lipinski definition) is 1. The number of rotatable bonds is 4. The summed E-state index contributed by atoms with van der Waals surface area (Å²) in [5.41, 5.74) is 2.34. The van der Waals surface area contributed by atoms with Crippen molar-refractivity contribution in [3.05, 3.63) is 47.3 Å². The van der Waals surface area contributed by atoms with Gasteiger partial charge in [-0.3, -0.25) is 14.6 Å². The smallest absolute Gasteiger partial charge is 0.287 e. The molecule has 1 N–H and O–H groups in total. The third-order valence-electron chi connectivity index (χ3n) is 5.52. The second kappa shape index (κ2) is 8.10. The summed E-state index contributed by atoms with van der Waals surface area (Å²) in [7, 11) is 2.06. The third kappa shape index (κ3) is 3.77. The lowest BCUT2D eigenvalue weighted by atomic mass is 10.1. The zero-order valence-corrected chi connectivity index (χ0v) is 16.2. The molecule has 2 aromatic rings. The van der Waals surface area contributed by atoms with Crippen molar-refractivity contribution in [1.82, 2.24) is 29.7 Å². The van der Waals surface area contributed by atoms with E-state index in [4.69, 9.17) is 0 Å². The zero-order chi connectivity index (χ0) is 19.5. The topological polar surface area (TPSA) is 83.4 Å². The highest BCUT2D eigenvalue weighted by Gasteiger charge is 2.30. The van der Waals surface area contributed by atoms with Crippen LogP contribution in [0.5, 0.6) is 0 Å². The molecule has 0 atom stereocenters. The Morgan fingerprint density at radius 2 is 1.82 bits per heavy atom. The highest BCUT2D eigenvalue weighted by atomic mass is 16.2. The van der Waals surface area contributed by atoms with E-state index in [0.717, 1.165) is 50.2 Å². The number of nitrogens with one attached hydrogen (secondary N) is 1. The Balaban J connectivity index is 1.54. The van der Waals surface area contributed by atoms with Gasteiger partial charge in [0.1, 0.15) is 5.69 Å².